The smallest absolute Gasteiger partial charge is 0.169 e. The minimum Gasteiger partial charge on any atom is -0.364 e. The standard InChI is InChI=1S/C18H16N6/c1-13(14-5-3-2-4-6-14)21-16-11-15(7-10-20-16)18-23-22-17-8-9-19-12-24(17)18/h2-13H,1H3,(H,20,21)/t13-/m0/s1. The molecule has 0 amide bonds. The lowest BCUT2D eigenvalue weighted by Gasteiger charge is -2.15. The summed E-state index contributed by atoms with van der Waals surface area (Å²) in [6.45, 7) is 2.11. The summed E-state index contributed by atoms with van der Waals surface area (Å²) in [5, 5.41) is 11.9. The first-order valence-electron chi connectivity index (χ1n) is 7.74. The minimum absolute atomic E-state index is 0.158. The maximum Gasteiger partial charge on any atom is 0.169 e. The van der Waals surface area contributed by atoms with Gasteiger partial charge in [0.05, 0.1) is 0 Å². The van der Waals surface area contributed by atoms with Crippen LogP contribution in [-0.4, -0.2) is 24.6 Å². The van der Waals surface area contributed by atoms with E-state index in [9.17, 15) is 0 Å². The van der Waals surface area contributed by atoms with Crippen molar-refractivity contribution in [3.05, 3.63) is 72.8 Å². The fraction of sp³-hybridized carbons (Fsp3) is 0.111. The third-order valence-electron chi connectivity index (χ3n) is 3.90. The summed E-state index contributed by atoms with van der Waals surface area (Å²) in [6.07, 6.45) is 5.19. The second-order valence-corrected chi connectivity index (χ2v) is 5.54. The van der Waals surface area contributed by atoms with Gasteiger partial charge in [-0.15, -0.1) is 10.2 Å². The molecule has 4 aromatic rings. The highest BCUT2D eigenvalue weighted by atomic mass is 15.3. The average Bonchev–Trinajstić information content (AvgIpc) is 3.07. The Kier molecular flexibility index (Phi) is 3.63. The predicted octanol–water partition coefficient (Wildman–Crippen LogP) is 3.36. The number of fused-ring (bicyclic) bond motifs is 1. The van der Waals surface area contributed by atoms with Gasteiger partial charge in [0.2, 0.25) is 0 Å². The molecule has 1 aromatic carbocycles. The third-order valence-corrected chi connectivity index (χ3v) is 3.90. The Hall–Kier alpha value is -3.28. The number of rotatable bonds is 4. The normalized spacial score (nSPS) is 12.2. The summed E-state index contributed by atoms with van der Waals surface area (Å²) in [5.41, 5.74) is 2.92. The van der Waals surface area contributed by atoms with Crippen LogP contribution < -0.4 is 5.32 Å². The topological polar surface area (TPSA) is 68.0 Å². The molecular formula is C18H16N6. The zero-order valence-corrected chi connectivity index (χ0v) is 13.2. The lowest BCUT2D eigenvalue weighted by Crippen LogP contribution is -2.07. The molecule has 6 heteroatoms. The van der Waals surface area contributed by atoms with Crippen molar-refractivity contribution in [3.63, 3.8) is 0 Å². The summed E-state index contributed by atoms with van der Waals surface area (Å²) >= 11 is 0. The number of aromatic nitrogens is 5. The van der Waals surface area contributed by atoms with Gasteiger partial charge in [0, 0.05) is 30.1 Å². The molecule has 3 heterocycles. The van der Waals surface area contributed by atoms with E-state index in [1.165, 1.54) is 5.56 Å². The van der Waals surface area contributed by atoms with E-state index in [2.05, 4.69) is 44.5 Å². The molecule has 0 saturated carbocycles. The first-order valence-corrected chi connectivity index (χ1v) is 7.74. The van der Waals surface area contributed by atoms with Gasteiger partial charge in [-0.3, -0.25) is 4.40 Å². The number of hydrogen-bond acceptors (Lipinski definition) is 5. The van der Waals surface area contributed by atoms with Crippen molar-refractivity contribution >= 4 is 11.5 Å². The summed E-state index contributed by atoms with van der Waals surface area (Å²) in [6, 6.07) is 16.2. The Bertz CT molecular complexity index is 963. The van der Waals surface area contributed by atoms with Crippen molar-refractivity contribution in [1.82, 2.24) is 24.6 Å². The molecule has 0 unspecified atom stereocenters. The molecule has 0 spiro atoms. The summed E-state index contributed by atoms with van der Waals surface area (Å²) in [7, 11) is 0. The maximum absolute atomic E-state index is 4.41. The highest BCUT2D eigenvalue weighted by Crippen LogP contribution is 2.22. The first-order chi connectivity index (χ1) is 11.8. The lowest BCUT2D eigenvalue weighted by atomic mass is 10.1. The summed E-state index contributed by atoms with van der Waals surface area (Å²) in [4.78, 5) is 8.54. The summed E-state index contributed by atoms with van der Waals surface area (Å²) in [5.74, 6) is 1.54. The van der Waals surface area contributed by atoms with Crippen molar-refractivity contribution in [3.8, 4) is 11.4 Å². The van der Waals surface area contributed by atoms with Gasteiger partial charge in [-0.1, -0.05) is 30.3 Å². The SMILES string of the molecule is C[C@H](Nc1cc(-c2nnc3ccncn23)ccn1)c1ccccc1. The molecule has 0 saturated heterocycles. The van der Waals surface area contributed by atoms with E-state index in [0.29, 0.717) is 0 Å². The molecule has 0 fully saturated rings. The predicted molar refractivity (Wildman–Crippen MR) is 92.5 cm³/mol. The monoisotopic (exact) mass is 316 g/mol. The number of pyridine rings is 1. The third kappa shape index (κ3) is 2.69. The molecule has 1 atom stereocenters. The lowest BCUT2D eigenvalue weighted by molar-refractivity contribution is 0.874. The molecule has 4 rings (SSSR count). The van der Waals surface area contributed by atoms with E-state index in [1.807, 2.05) is 40.8 Å². The fourth-order valence-corrected chi connectivity index (χ4v) is 2.64. The summed E-state index contributed by atoms with van der Waals surface area (Å²) < 4.78 is 1.86. The number of nitrogens with one attached hydrogen (secondary N) is 1. The van der Waals surface area contributed by atoms with E-state index in [0.717, 1.165) is 22.9 Å². The van der Waals surface area contributed by atoms with Gasteiger partial charge >= 0.3 is 0 Å². The van der Waals surface area contributed by atoms with E-state index in [1.54, 1.807) is 18.7 Å². The van der Waals surface area contributed by atoms with Crippen LogP contribution in [-0.2, 0) is 0 Å². The van der Waals surface area contributed by atoms with Gasteiger partial charge in [-0.25, -0.2) is 9.97 Å². The van der Waals surface area contributed by atoms with Crippen LogP contribution in [0.25, 0.3) is 17.0 Å². The zero-order chi connectivity index (χ0) is 16.4. The Morgan fingerprint density at radius 3 is 2.75 bits per heavy atom. The fourth-order valence-electron chi connectivity index (χ4n) is 2.64. The highest BCUT2D eigenvalue weighted by Gasteiger charge is 2.10. The van der Waals surface area contributed by atoms with Gasteiger partial charge in [-0.05, 0) is 24.6 Å². The van der Waals surface area contributed by atoms with Gasteiger partial charge in [-0.2, -0.15) is 0 Å². The van der Waals surface area contributed by atoms with Crippen molar-refractivity contribution in [1.29, 1.82) is 0 Å². The molecule has 3 aromatic heterocycles. The molecule has 24 heavy (non-hydrogen) atoms. The number of nitrogens with zero attached hydrogens (tertiary/aromatic N) is 5. The second-order valence-electron chi connectivity index (χ2n) is 5.54. The van der Waals surface area contributed by atoms with Crippen molar-refractivity contribution < 1.29 is 0 Å². The number of benzene rings is 1. The van der Waals surface area contributed by atoms with Crippen molar-refractivity contribution in [2.24, 2.45) is 0 Å². The molecule has 0 bridgehead atoms. The average molecular weight is 316 g/mol. The second kappa shape index (κ2) is 6.08. The Labute approximate surface area is 139 Å². The molecule has 1 N–H and O–H groups in total. The van der Waals surface area contributed by atoms with Crippen LogP contribution in [0.2, 0.25) is 0 Å². The van der Waals surface area contributed by atoms with Crippen LogP contribution >= 0.6 is 0 Å². The number of hydrogen-bond donors (Lipinski definition) is 1. The van der Waals surface area contributed by atoms with E-state index in [4.69, 9.17) is 0 Å². The Morgan fingerprint density at radius 1 is 1.00 bits per heavy atom. The van der Waals surface area contributed by atoms with E-state index in [-0.39, 0.29) is 6.04 Å². The van der Waals surface area contributed by atoms with Gasteiger partial charge in [0.1, 0.15) is 12.1 Å². The molecule has 6 nitrogen and oxygen atoms in total. The number of anilines is 1. The Morgan fingerprint density at radius 2 is 1.88 bits per heavy atom. The van der Waals surface area contributed by atoms with Gasteiger partial charge in [0.15, 0.2) is 11.5 Å². The molecule has 0 aliphatic carbocycles. The van der Waals surface area contributed by atoms with Crippen LogP contribution in [0.5, 0.6) is 0 Å². The van der Waals surface area contributed by atoms with Crippen LogP contribution in [0.1, 0.15) is 18.5 Å². The van der Waals surface area contributed by atoms with Crippen LogP contribution in [0.15, 0.2) is 67.3 Å². The maximum atomic E-state index is 4.41. The van der Waals surface area contributed by atoms with E-state index < -0.39 is 0 Å². The van der Waals surface area contributed by atoms with Crippen LogP contribution in [0.3, 0.4) is 0 Å². The van der Waals surface area contributed by atoms with Crippen LogP contribution in [0, 0.1) is 0 Å². The quantitative estimate of drug-likeness (QED) is 0.625. The highest BCUT2D eigenvalue weighted by molar-refractivity contribution is 5.62. The molecule has 0 aliphatic rings. The zero-order valence-electron chi connectivity index (χ0n) is 13.2. The van der Waals surface area contributed by atoms with Crippen molar-refractivity contribution in [2.75, 3.05) is 5.32 Å². The largest absolute Gasteiger partial charge is 0.364 e. The first kappa shape index (κ1) is 14.3. The van der Waals surface area contributed by atoms with Gasteiger partial charge in [0.25, 0.3) is 0 Å². The molecule has 0 aliphatic heterocycles. The van der Waals surface area contributed by atoms with Gasteiger partial charge < -0.3 is 5.32 Å². The van der Waals surface area contributed by atoms with E-state index >= 15 is 0 Å². The molecular weight excluding hydrogens is 300 g/mol. The molecule has 0 radical (unpaired) electrons. The minimum atomic E-state index is 0.158. The van der Waals surface area contributed by atoms with Crippen LogP contribution in [0.4, 0.5) is 5.82 Å². The van der Waals surface area contributed by atoms with Crippen molar-refractivity contribution in [2.45, 2.75) is 13.0 Å². The molecule has 118 valence electrons. The Balaban J connectivity index is 1.64.